The van der Waals surface area contributed by atoms with E-state index in [1.807, 2.05) is 0 Å². The lowest BCUT2D eigenvalue weighted by molar-refractivity contribution is 0.291. The lowest BCUT2D eigenvalue weighted by Crippen LogP contribution is -2.38. The number of fused-ring (bicyclic) bond motifs is 1. The summed E-state index contributed by atoms with van der Waals surface area (Å²) in [6.07, 6.45) is 6.53. The van der Waals surface area contributed by atoms with E-state index in [9.17, 15) is 0 Å². The van der Waals surface area contributed by atoms with Crippen molar-refractivity contribution in [2.45, 2.75) is 58.9 Å². The molecule has 1 aromatic carbocycles. The van der Waals surface area contributed by atoms with E-state index in [1.165, 1.54) is 32.1 Å². The lowest BCUT2D eigenvalue weighted by atomic mass is 9.86. The van der Waals surface area contributed by atoms with Crippen molar-refractivity contribution in [1.82, 2.24) is 5.32 Å². The standard InChI is InChI=1S/C18H29N/c1-4-14(5-2)11-18(19-6-3)17-12-15-9-7-8-10-16(15)13-17/h7-10,14,17-19H,4-6,11-13H2,1-3H3. The molecule has 2 rings (SSSR count). The van der Waals surface area contributed by atoms with E-state index >= 15 is 0 Å². The maximum Gasteiger partial charge on any atom is 0.0104 e. The third-order valence-corrected chi connectivity index (χ3v) is 4.86. The van der Waals surface area contributed by atoms with Gasteiger partial charge in [-0.25, -0.2) is 0 Å². The molecule has 1 nitrogen and oxygen atoms in total. The van der Waals surface area contributed by atoms with E-state index in [1.54, 1.807) is 11.1 Å². The molecule has 19 heavy (non-hydrogen) atoms. The van der Waals surface area contributed by atoms with Gasteiger partial charge >= 0.3 is 0 Å². The van der Waals surface area contributed by atoms with Crippen molar-refractivity contribution in [3.63, 3.8) is 0 Å². The molecule has 0 saturated carbocycles. The van der Waals surface area contributed by atoms with Crippen LogP contribution >= 0.6 is 0 Å². The highest BCUT2D eigenvalue weighted by atomic mass is 14.9. The van der Waals surface area contributed by atoms with Crippen molar-refractivity contribution in [2.24, 2.45) is 11.8 Å². The molecular formula is C18H29N. The molecule has 1 N–H and O–H groups in total. The summed E-state index contributed by atoms with van der Waals surface area (Å²) < 4.78 is 0. The fourth-order valence-electron chi connectivity index (χ4n) is 3.56. The third kappa shape index (κ3) is 3.60. The first-order valence-electron chi connectivity index (χ1n) is 8.08. The van der Waals surface area contributed by atoms with Crippen LogP contribution in [0.5, 0.6) is 0 Å². The second kappa shape index (κ2) is 7.09. The van der Waals surface area contributed by atoms with E-state index in [-0.39, 0.29) is 0 Å². The zero-order valence-corrected chi connectivity index (χ0v) is 12.8. The second-order valence-corrected chi connectivity index (χ2v) is 6.02. The summed E-state index contributed by atoms with van der Waals surface area (Å²) in [5.41, 5.74) is 3.17. The number of hydrogen-bond acceptors (Lipinski definition) is 1. The van der Waals surface area contributed by atoms with Crippen LogP contribution in [0.15, 0.2) is 24.3 Å². The molecule has 1 aliphatic rings. The summed E-state index contributed by atoms with van der Waals surface area (Å²) in [5.74, 6) is 1.69. The maximum absolute atomic E-state index is 3.76. The van der Waals surface area contributed by atoms with Gasteiger partial charge in [-0.15, -0.1) is 0 Å². The average Bonchev–Trinajstić information content (AvgIpc) is 2.87. The molecule has 0 amide bonds. The van der Waals surface area contributed by atoms with Crippen molar-refractivity contribution >= 4 is 0 Å². The first-order chi connectivity index (χ1) is 9.28. The van der Waals surface area contributed by atoms with E-state index in [2.05, 4.69) is 50.4 Å². The highest BCUT2D eigenvalue weighted by molar-refractivity contribution is 5.32. The van der Waals surface area contributed by atoms with Crippen LogP contribution in [0.2, 0.25) is 0 Å². The molecule has 0 fully saturated rings. The predicted octanol–water partition coefficient (Wildman–Crippen LogP) is 4.21. The van der Waals surface area contributed by atoms with Gasteiger partial charge in [-0.3, -0.25) is 0 Å². The largest absolute Gasteiger partial charge is 0.314 e. The Hall–Kier alpha value is -0.820. The molecule has 1 aromatic rings. The van der Waals surface area contributed by atoms with Crippen LogP contribution in [-0.2, 0) is 12.8 Å². The van der Waals surface area contributed by atoms with Crippen LogP contribution in [0.4, 0.5) is 0 Å². The minimum Gasteiger partial charge on any atom is -0.314 e. The first kappa shape index (κ1) is 14.6. The van der Waals surface area contributed by atoms with Crippen molar-refractivity contribution in [2.75, 3.05) is 6.54 Å². The van der Waals surface area contributed by atoms with Gasteiger partial charge in [0.25, 0.3) is 0 Å². The Bertz CT molecular complexity index is 356. The Morgan fingerprint density at radius 1 is 1.05 bits per heavy atom. The number of nitrogens with one attached hydrogen (secondary N) is 1. The van der Waals surface area contributed by atoms with Gasteiger partial charge in [0.2, 0.25) is 0 Å². The summed E-state index contributed by atoms with van der Waals surface area (Å²) in [5, 5.41) is 3.76. The molecule has 0 spiro atoms. The Kier molecular flexibility index (Phi) is 5.45. The van der Waals surface area contributed by atoms with Crippen LogP contribution in [0.25, 0.3) is 0 Å². The Morgan fingerprint density at radius 3 is 2.11 bits per heavy atom. The third-order valence-electron chi connectivity index (χ3n) is 4.86. The molecule has 0 bridgehead atoms. The van der Waals surface area contributed by atoms with Gasteiger partial charge < -0.3 is 5.32 Å². The number of benzene rings is 1. The van der Waals surface area contributed by atoms with E-state index in [0.717, 1.165) is 18.4 Å². The molecular weight excluding hydrogens is 230 g/mol. The zero-order valence-electron chi connectivity index (χ0n) is 12.8. The normalized spacial score (nSPS) is 16.8. The van der Waals surface area contributed by atoms with Crippen molar-refractivity contribution in [1.29, 1.82) is 0 Å². The average molecular weight is 259 g/mol. The minimum absolute atomic E-state index is 0.697. The molecule has 0 radical (unpaired) electrons. The molecule has 1 heteroatoms. The number of hydrogen-bond donors (Lipinski definition) is 1. The molecule has 1 unspecified atom stereocenters. The van der Waals surface area contributed by atoms with E-state index in [4.69, 9.17) is 0 Å². The predicted molar refractivity (Wildman–Crippen MR) is 83.5 cm³/mol. The van der Waals surface area contributed by atoms with Crippen molar-refractivity contribution in [3.8, 4) is 0 Å². The molecule has 1 atom stereocenters. The fourth-order valence-corrected chi connectivity index (χ4v) is 3.56. The van der Waals surface area contributed by atoms with Crippen LogP contribution < -0.4 is 5.32 Å². The van der Waals surface area contributed by atoms with Crippen LogP contribution in [0.1, 0.15) is 51.2 Å². The molecule has 0 aliphatic heterocycles. The van der Waals surface area contributed by atoms with Crippen LogP contribution in [-0.4, -0.2) is 12.6 Å². The summed E-state index contributed by atoms with van der Waals surface area (Å²) in [4.78, 5) is 0. The SMILES string of the molecule is CCNC(CC(CC)CC)C1Cc2ccccc2C1. The monoisotopic (exact) mass is 259 g/mol. The van der Waals surface area contributed by atoms with Gasteiger partial charge in [0, 0.05) is 6.04 Å². The fraction of sp³-hybridized carbons (Fsp3) is 0.667. The Labute approximate surface area is 118 Å². The van der Waals surface area contributed by atoms with Crippen LogP contribution in [0, 0.1) is 11.8 Å². The Morgan fingerprint density at radius 2 is 1.63 bits per heavy atom. The zero-order chi connectivity index (χ0) is 13.7. The maximum atomic E-state index is 3.76. The van der Waals surface area contributed by atoms with Gasteiger partial charge in [0.15, 0.2) is 0 Å². The molecule has 0 saturated heterocycles. The van der Waals surface area contributed by atoms with Crippen LogP contribution in [0.3, 0.4) is 0 Å². The molecule has 1 aliphatic carbocycles. The number of rotatable bonds is 7. The van der Waals surface area contributed by atoms with Gasteiger partial charge in [0.1, 0.15) is 0 Å². The summed E-state index contributed by atoms with van der Waals surface area (Å²) in [7, 11) is 0. The summed E-state index contributed by atoms with van der Waals surface area (Å²) in [6, 6.07) is 9.70. The minimum atomic E-state index is 0.697. The summed E-state index contributed by atoms with van der Waals surface area (Å²) in [6.45, 7) is 8.00. The quantitative estimate of drug-likeness (QED) is 0.773. The van der Waals surface area contributed by atoms with E-state index < -0.39 is 0 Å². The van der Waals surface area contributed by atoms with Crippen molar-refractivity contribution in [3.05, 3.63) is 35.4 Å². The molecule has 0 aromatic heterocycles. The highest BCUT2D eigenvalue weighted by Crippen LogP contribution is 2.31. The van der Waals surface area contributed by atoms with E-state index in [0.29, 0.717) is 6.04 Å². The molecule has 0 heterocycles. The molecule has 106 valence electrons. The van der Waals surface area contributed by atoms with Gasteiger partial charge in [-0.1, -0.05) is 57.9 Å². The Balaban J connectivity index is 2.01. The highest BCUT2D eigenvalue weighted by Gasteiger charge is 2.29. The smallest absolute Gasteiger partial charge is 0.0104 e. The van der Waals surface area contributed by atoms with Crippen molar-refractivity contribution < 1.29 is 0 Å². The second-order valence-electron chi connectivity index (χ2n) is 6.02. The first-order valence-corrected chi connectivity index (χ1v) is 8.08. The summed E-state index contributed by atoms with van der Waals surface area (Å²) >= 11 is 0. The van der Waals surface area contributed by atoms with Gasteiger partial charge in [-0.2, -0.15) is 0 Å². The topological polar surface area (TPSA) is 12.0 Å². The van der Waals surface area contributed by atoms with Gasteiger partial charge in [-0.05, 0) is 48.8 Å². The lowest BCUT2D eigenvalue weighted by Gasteiger charge is -2.28. The van der Waals surface area contributed by atoms with Gasteiger partial charge in [0.05, 0.1) is 0 Å².